The molecule has 0 aromatic carbocycles. The summed E-state index contributed by atoms with van der Waals surface area (Å²) in [6.45, 7) is 2.91. The van der Waals surface area contributed by atoms with Crippen LogP contribution in [0.1, 0.15) is 38.5 Å². The molecule has 6 aliphatic carbocycles. The summed E-state index contributed by atoms with van der Waals surface area (Å²) in [7, 11) is 0. The van der Waals surface area contributed by atoms with Crippen LogP contribution < -0.4 is 0 Å². The Balaban J connectivity index is 0.740. The Labute approximate surface area is 173 Å². The second-order valence-electron chi connectivity index (χ2n) is 11.5. The van der Waals surface area contributed by atoms with Crippen LogP contribution in [0, 0.1) is 47.3 Å². The predicted molar refractivity (Wildman–Crippen MR) is 103 cm³/mol. The van der Waals surface area contributed by atoms with Crippen molar-refractivity contribution in [2.45, 2.75) is 75.1 Å². The molecule has 29 heavy (non-hydrogen) atoms. The van der Waals surface area contributed by atoms with E-state index >= 15 is 0 Å². The van der Waals surface area contributed by atoms with E-state index in [0.717, 1.165) is 60.6 Å². The summed E-state index contributed by atoms with van der Waals surface area (Å²) in [6.07, 6.45) is 11.4. The van der Waals surface area contributed by atoms with E-state index in [-0.39, 0.29) is 0 Å². The third-order valence-electron chi connectivity index (χ3n) is 10.5. The van der Waals surface area contributed by atoms with Gasteiger partial charge in [0, 0.05) is 0 Å². The number of hydrogen-bond acceptors (Lipinski definition) is 5. The lowest BCUT2D eigenvalue weighted by atomic mass is 9.79. The van der Waals surface area contributed by atoms with Gasteiger partial charge in [0.15, 0.2) is 0 Å². The molecule has 0 aromatic heterocycles. The van der Waals surface area contributed by atoms with Gasteiger partial charge in [0.25, 0.3) is 0 Å². The summed E-state index contributed by atoms with van der Waals surface area (Å²) in [6, 6.07) is 0. The van der Waals surface area contributed by atoms with E-state index < -0.39 is 0 Å². The third-order valence-corrected chi connectivity index (χ3v) is 10.5. The maximum atomic E-state index is 6.26. The number of rotatable bonds is 8. The van der Waals surface area contributed by atoms with E-state index in [4.69, 9.17) is 23.7 Å². The van der Waals surface area contributed by atoms with Crippen LogP contribution in [-0.4, -0.2) is 63.1 Å². The molecule has 2 heterocycles. The zero-order valence-electron chi connectivity index (χ0n) is 17.2. The van der Waals surface area contributed by atoms with Crippen molar-refractivity contribution in [3.63, 3.8) is 0 Å². The average molecular weight is 403 g/mol. The highest BCUT2D eigenvalue weighted by Crippen LogP contribution is 2.65. The van der Waals surface area contributed by atoms with E-state index in [1.807, 2.05) is 0 Å². The molecule has 0 aromatic rings. The van der Waals surface area contributed by atoms with Crippen LogP contribution in [0.2, 0.25) is 0 Å². The highest BCUT2D eigenvalue weighted by molar-refractivity contribution is 5.15. The van der Waals surface area contributed by atoms with Crippen molar-refractivity contribution < 1.29 is 23.7 Å². The molecule has 0 N–H and O–H groups in total. The van der Waals surface area contributed by atoms with Crippen molar-refractivity contribution in [2.24, 2.45) is 47.3 Å². The van der Waals surface area contributed by atoms with E-state index in [0.29, 0.717) is 49.8 Å². The molecule has 0 radical (unpaired) electrons. The second-order valence-corrected chi connectivity index (χ2v) is 11.5. The van der Waals surface area contributed by atoms with Crippen LogP contribution in [0.15, 0.2) is 0 Å². The molecule has 160 valence electrons. The summed E-state index contributed by atoms with van der Waals surface area (Å²) >= 11 is 0. The molecule has 8 rings (SSSR count). The van der Waals surface area contributed by atoms with Crippen molar-refractivity contribution >= 4 is 0 Å². The van der Waals surface area contributed by atoms with Crippen LogP contribution in [0.3, 0.4) is 0 Å². The normalized spacial score (nSPS) is 61.7. The zero-order valence-corrected chi connectivity index (χ0v) is 17.2. The van der Waals surface area contributed by atoms with Crippen molar-refractivity contribution in [1.82, 2.24) is 0 Å². The molecule has 8 fully saturated rings. The molecular weight excluding hydrogens is 368 g/mol. The number of ether oxygens (including phenoxy) is 5. The molecule has 2 aliphatic heterocycles. The number of epoxide rings is 2. The van der Waals surface area contributed by atoms with Gasteiger partial charge in [-0.25, -0.2) is 0 Å². The Morgan fingerprint density at radius 2 is 1.07 bits per heavy atom. The highest BCUT2D eigenvalue weighted by atomic mass is 16.6. The molecule has 5 nitrogen and oxygen atoms in total. The first kappa shape index (κ1) is 17.4. The molecule has 0 amide bonds. The third kappa shape index (κ3) is 2.51. The van der Waals surface area contributed by atoms with Gasteiger partial charge in [0.05, 0.1) is 63.1 Å². The molecule has 8 aliphatic rings. The van der Waals surface area contributed by atoms with E-state index in [1.165, 1.54) is 38.5 Å². The molecular formula is C24H34O5. The van der Waals surface area contributed by atoms with Crippen molar-refractivity contribution in [2.75, 3.05) is 26.4 Å². The zero-order chi connectivity index (χ0) is 18.7. The summed E-state index contributed by atoms with van der Waals surface area (Å²) in [4.78, 5) is 0. The minimum absolute atomic E-state index is 0.488. The van der Waals surface area contributed by atoms with Gasteiger partial charge >= 0.3 is 0 Å². The van der Waals surface area contributed by atoms with Crippen LogP contribution in [-0.2, 0) is 23.7 Å². The molecule has 0 spiro atoms. The molecule has 4 bridgehead atoms. The highest BCUT2D eigenvalue weighted by Gasteiger charge is 2.67. The van der Waals surface area contributed by atoms with Gasteiger partial charge in [-0.3, -0.25) is 0 Å². The quantitative estimate of drug-likeness (QED) is 0.462. The van der Waals surface area contributed by atoms with Crippen molar-refractivity contribution in [1.29, 1.82) is 0 Å². The molecule has 5 heteroatoms. The van der Waals surface area contributed by atoms with E-state index in [1.54, 1.807) is 0 Å². The van der Waals surface area contributed by atoms with Gasteiger partial charge in [-0.2, -0.15) is 0 Å². The maximum absolute atomic E-state index is 6.26. The Morgan fingerprint density at radius 3 is 1.59 bits per heavy atom. The van der Waals surface area contributed by atoms with Gasteiger partial charge in [-0.15, -0.1) is 0 Å². The largest absolute Gasteiger partial charge is 0.377 e. The smallest absolute Gasteiger partial charge is 0.0875 e. The summed E-state index contributed by atoms with van der Waals surface area (Å²) in [5.41, 5.74) is 0. The first-order valence-electron chi connectivity index (χ1n) is 12.5. The average Bonchev–Trinajstić information content (AvgIpc) is 3.26. The van der Waals surface area contributed by atoms with E-state index in [9.17, 15) is 0 Å². The topological polar surface area (TPSA) is 52.8 Å². The first-order valence-corrected chi connectivity index (χ1v) is 12.5. The molecule has 14 atom stereocenters. The SMILES string of the molecule is C(COC1CC2CC1C1CC3OC3C21)OCCOC1CC2CC1C1CC3OC3C21. The predicted octanol–water partition coefficient (Wildman–Crippen LogP) is 2.66. The van der Waals surface area contributed by atoms with Crippen LogP contribution in [0.25, 0.3) is 0 Å². The first-order chi connectivity index (χ1) is 14.3. The fraction of sp³-hybridized carbons (Fsp3) is 1.00. The summed E-state index contributed by atoms with van der Waals surface area (Å²) < 4.78 is 29.9. The van der Waals surface area contributed by atoms with Gasteiger partial charge in [0.1, 0.15) is 0 Å². The lowest BCUT2D eigenvalue weighted by Gasteiger charge is -2.33. The molecule has 6 saturated carbocycles. The van der Waals surface area contributed by atoms with Crippen LogP contribution in [0.5, 0.6) is 0 Å². The Hall–Kier alpha value is -0.200. The lowest BCUT2D eigenvalue weighted by molar-refractivity contribution is -0.0649. The Kier molecular flexibility index (Phi) is 3.71. The maximum Gasteiger partial charge on any atom is 0.0875 e. The fourth-order valence-electron chi connectivity index (χ4n) is 9.54. The lowest BCUT2D eigenvalue weighted by Crippen LogP contribution is -2.34. The fourth-order valence-corrected chi connectivity index (χ4v) is 9.54. The van der Waals surface area contributed by atoms with E-state index in [2.05, 4.69) is 0 Å². The Morgan fingerprint density at radius 1 is 0.552 bits per heavy atom. The van der Waals surface area contributed by atoms with Crippen molar-refractivity contribution in [3.8, 4) is 0 Å². The minimum Gasteiger partial charge on any atom is -0.377 e. The van der Waals surface area contributed by atoms with Crippen LogP contribution >= 0.6 is 0 Å². The minimum atomic E-state index is 0.488. The standard InChI is InChI=1S/C24H34O5/c1(3-26-17-7-11-5-13(17)15-9-19-23(28-19)21(11)15)25-2-4-27-18-8-12-6-14(18)16-10-20-24(29-20)22(12)16/h11-24H,1-10H2. The summed E-state index contributed by atoms with van der Waals surface area (Å²) in [5, 5.41) is 0. The van der Waals surface area contributed by atoms with Crippen molar-refractivity contribution in [3.05, 3.63) is 0 Å². The second kappa shape index (κ2) is 6.19. The van der Waals surface area contributed by atoms with Gasteiger partial charge in [0.2, 0.25) is 0 Å². The van der Waals surface area contributed by atoms with Gasteiger partial charge in [-0.05, 0) is 85.9 Å². The summed E-state index contributed by atoms with van der Waals surface area (Å²) in [5.74, 6) is 6.91. The van der Waals surface area contributed by atoms with Crippen LogP contribution in [0.4, 0.5) is 0 Å². The Bertz CT molecular complexity index is 628. The molecule has 14 unspecified atom stereocenters. The molecule has 2 saturated heterocycles. The van der Waals surface area contributed by atoms with Gasteiger partial charge in [-0.1, -0.05) is 0 Å². The number of fused-ring (bicyclic) bond motifs is 14. The monoisotopic (exact) mass is 402 g/mol. The van der Waals surface area contributed by atoms with Gasteiger partial charge < -0.3 is 23.7 Å². The number of hydrogen-bond donors (Lipinski definition) is 0.